The molecule has 1 aliphatic rings. The Balaban J connectivity index is 2.16. The van der Waals surface area contributed by atoms with E-state index >= 15 is 0 Å². The van der Waals surface area contributed by atoms with Crippen LogP contribution < -0.4 is 5.32 Å². The molecule has 3 nitrogen and oxygen atoms in total. The molecular formula is C17H21BrN2O. The van der Waals surface area contributed by atoms with Gasteiger partial charge in [0.25, 0.3) is 5.91 Å². The number of benzene rings is 1. The Hall–Kier alpha value is -1.34. The molecule has 1 N–H and O–H groups in total. The van der Waals surface area contributed by atoms with Crippen LogP contribution in [0.5, 0.6) is 0 Å². The zero-order valence-corrected chi connectivity index (χ0v) is 14.0. The average Bonchev–Trinajstić information content (AvgIpc) is 2.42. The van der Waals surface area contributed by atoms with Crippen molar-refractivity contribution in [2.45, 2.75) is 57.4 Å². The predicted octanol–water partition coefficient (Wildman–Crippen LogP) is 4.49. The van der Waals surface area contributed by atoms with Crippen LogP contribution in [-0.4, -0.2) is 11.4 Å². The third kappa shape index (κ3) is 4.07. The van der Waals surface area contributed by atoms with Crippen molar-refractivity contribution in [3.63, 3.8) is 0 Å². The number of carbonyl (C=O) groups is 1. The van der Waals surface area contributed by atoms with Gasteiger partial charge in [-0.05, 0) is 43.5 Å². The molecule has 0 radical (unpaired) electrons. The minimum atomic E-state index is -0.697. The summed E-state index contributed by atoms with van der Waals surface area (Å²) in [7, 11) is 0. The molecule has 1 saturated carbocycles. The molecule has 0 aliphatic heterocycles. The second-order valence-electron chi connectivity index (χ2n) is 5.88. The van der Waals surface area contributed by atoms with Gasteiger partial charge in [-0.15, -0.1) is 0 Å². The van der Waals surface area contributed by atoms with Gasteiger partial charge in [-0.2, -0.15) is 5.26 Å². The summed E-state index contributed by atoms with van der Waals surface area (Å²) in [5, 5.41) is 12.6. The first kappa shape index (κ1) is 16.0. The number of nitrogens with zero attached hydrogens (tertiary/aromatic N) is 1. The second-order valence-corrected chi connectivity index (χ2v) is 6.79. The normalized spacial score (nSPS) is 18.1. The molecule has 21 heavy (non-hydrogen) atoms. The molecule has 1 amide bonds. The summed E-state index contributed by atoms with van der Waals surface area (Å²) in [6, 6.07) is 7.97. The van der Waals surface area contributed by atoms with Gasteiger partial charge in [0, 0.05) is 10.0 Å². The van der Waals surface area contributed by atoms with Crippen molar-refractivity contribution in [2.75, 3.05) is 0 Å². The third-order valence-corrected chi connectivity index (χ3v) is 4.70. The van der Waals surface area contributed by atoms with E-state index in [9.17, 15) is 10.1 Å². The summed E-state index contributed by atoms with van der Waals surface area (Å²) in [5.41, 5.74) is 0.868. The molecule has 1 aromatic rings. The van der Waals surface area contributed by atoms with Gasteiger partial charge in [-0.1, -0.05) is 48.0 Å². The van der Waals surface area contributed by atoms with Gasteiger partial charge in [0.2, 0.25) is 0 Å². The fourth-order valence-corrected chi connectivity index (χ4v) is 3.42. The smallest absolute Gasteiger partial charge is 0.252 e. The summed E-state index contributed by atoms with van der Waals surface area (Å²) in [5.74, 6) is -0.137. The lowest BCUT2D eigenvalue weighted by Gasteiger charge is -2.30. The van der Waals surface area contributed by atoms with E-state index in [1.807, 2.05) is 25.1 Å². The second kappa shape index (κ2) is 7.09. The van der Waals surface area contributed by atoms with Crippen LogP contribution in [0.4, 0.5) is 0 Å². The van der Waals surface area contributed by atoms with Gasteiger partial charge in [0.15, 0.2) is 0 Å². The number of nitriles is 1. The molecule has 1 aliphatic carbocycles. The zero-order valence-electron chi connectivity index (χ0n) is 12.4. The summed E-state index contributed by atoms with van der Waals surface area (Å²) >= 11 is 3.40. The van der Waals surface area contributed by atoms with Crippen molar-refractivity contribution in [1.29, 1.82) is 5.26 Å². The van der Waals surface area contributed by atoms with Gasteiger partial charge in [0.1, 0.15) is 5.54 Å². The van der Waals surface area contributed by atoms with Crippen molar-refractivity contribution in [3.8, 4) is 6.07 Å². The van der Waals surface area contributed by atoms with Crippen molar-refractivity contribution in [2.24, 2.45) is 0 Å². The molecule has 112 valence electrons. The van der Waals surface area contributed by atoms with Crippen LogP contribution in [0.1, 0.15) is 60.9 Å². The number of amides is 1. The quantitative estimate of drug-likeness (QED) is 0.855. The maximum absolute atomic E-state index is 12.5. The van der Waals surface area contributed by atoms with Crippen LogP contribution in [0.3, 0.4) is 0 Å². The molecule has 2 rings (SSSR count). The van der Waals surface area contributed by atoms with Gasteiger partial charge < -0.3 is 5.32 Å². The summed E-state index contributed by atoms with van der Waals surface area (Å²) < 4.78 is 0.956. The number of aryl methyl sites for hydroxylation is 1. The van der Waals surface area contributed by atoms with Gasteiger partial charge in [0.05, 0.1) is 6.07 Å². The largest absolute Gasteiger partial charge is 0.334 e. The van der Waals surface area contributed by atoms with E-state index in [0.717, 1.165) is 48.6 Å². The Kier molecular flexibility index (Phi) is 5.41. The molecule has 0 saturated heterocycles. The standard InChI is InChI=1S/C17H21BrN2O/c1-13-11-14(18)7-8-15(13)16(21)20-17(12-19)9-5-3-2-4-6-10-17/h7-8,11H,2-6,9-10H2,1H3,(H,20,21). The van der Waals surface area contributed by atoms with E-state index in [4.69, 9.17) is 0 Å². The monoisotopic (exact) mass is 348 g/mol. The number of nitrogens with one attached hydrogen (secondary N) is 1. The Bertz CT molecular complexity index is 554. The van der Waals surface area contributed by atoms with Crippen molar-refractivity contribution in [3.05, 3.63) is 33.8 Å². The maximum atomic E-state index is 12.5. The first-order valence-corrected chi connectivity index (χ1v) is 8.35. The SMILES string of the molecule is Cc1cc(Br)ccc1C(=O)NC1(C#N)CCCCCCC1. The van der Waals surface area contributed by atoms with E-state index in [1.54, 1.807) is 0 Å². The lowest BCUT2D eigenvalue weighted by Crippen LogP contribution is -2.47. The Morgan fingerprint density at radius 2 is 1.86 bits per heavy atom. The highest BCUT2D eigenvalue weighted by molar-refractivity contribution is 9.10. The first-order valence-electron chi connectivity index (χ1n) is 7.56. The van der Waals surface area contributed by atoms with Crippen LogP contribution in [0.15, 0.2) is 22.7 Å². The molecule has 0 aromatic heterocycles. The number of rotatable bonds is 2. The van der Waals surface area contributed by atoms with E-state index in [0.29, 0.717) is 5.56 Å². The van der Waals surface area contributed by atoms with E-state index in [2.05, 4.69) is 27.3 Å². The highest BCUT2D eigenvalue weighted by Gasteiger charge is 2.32. The minimum absolute atomic E-state index is 0.137. The van der Waals surface area contributed by atoms with Crippen molar-refractivity contribution < 1.29 is 4.79 Å². The molecule has 0 heterocycles. The van der Waals surface area contributed by atoms with E-state index in [-0.39, 0.29) is 5.91 Å². The van der Waals surface area contributed by atoms with E-state index < -0.39 is 5.54 Å². The molecule has 1 aromatic carbocycles. The highest BCUT2D eigenvalue weighted by atomic mass is 79.9. The summed E-state index contributed by atoms with van der Waals surface area (Å²) in [6.45, 7) is 1.91. The number of halogens is 1. The third-order valence-electron chi connectivity index (χ3n) is 4.21. The zero-order chi connectivity index (χ0) is 15.3. The molecule has 0 spiro atoms. The molecule has 0 bridgehead atoms. The number of hydrogen-bond donors (Lipinski definition) is 1. The highest BCUT2D eigenvalue weighted by Crippen LogP contribution is 2.26. The lowest BCUT2D eigenvalue weighted by atomic mass is 9.84. The van der Waals surface area contributed by atoms with Gasteiger partial charge >= 0.3 is 0 Å². The van der Waals surface area contributed by atoms with Crippen LogP contribution in [0.25, 0.3) is 0 Å². The van der Waals surface area contributed by atoms with Crippen LogP contribution in [-0.2, 0) is 0 Å². The Morgan fingerprint density at radius 3 is 2.43 bits per heavy atom. The van der Waals surface area contributed by atoms with E-state index in [1.165, 1.54) is 6.42 Å². The topological polar surface area (TPSA) is 52.9 Å². The number of carbonyl (C=O) groups excluding carboxylic acids is 1. The fraction of sp³-hybridized carbons (Fsp3) is 0.529. The van der Waals surface area contributed by atoms with Gasteiger partial charge in [-0.25, -0.2) is 0 Å². The lowest BCUT2D eigenvalue weighted by molar-refractivity contribution is 0.0907. The van der Waals surface area contributed by atoms with Gasteiger partial charge in [-0.3, -0.25) is 4.79 Å². The molecule has 1 fully saturated rings. The fourth-order valence-electron chi connectivity index (χ4n) is 2.94. The molecule has 0 atom stereocenters. The molecule has 4 heteroatoms. The first-order chi connectivity index (χ1) is 10.1. The summed E-state index contributed by atoms with van der Waals surface area (Å²) in [6.07, 6.45) is 7.06. The van der Waals surface area contributed by atoms with Crippen LogP contribution in [0, 0.1) is 18.3 Å². The van der Waals surface area contributed by atoms with Crippen LogP contribution >= 0.6 is 15.9 Å². The molecular weight excluding hydrogens is 328 g/mol. The van der Waals surface area contributed by atoms with Crippen molar-refractivity contribution in [1.82, 2.24) is 5.32 Å². The number of hydrogen-bond acceptors (Lipinski definition) is 2. The Morgan fingerprint density at radius 1 is 1.24 bits per heavy atom. The predicted molar refractivity (Wildman–Crippen MR) is 87.0 cm³/mol. The maximum Gasteiger partial charge on any atom is 0.252 e. The molecule has 0 unspecified atom stereocenters. The minimum Gasteiger partial charge on any atom is -0.334 e. The summed E-state index contributed by atoms with van der Waals surface area (Å²) in [4.78, 5) is 12.5. The van der Waals surface area contributed by atoms with Crippen molar-refractivity contribution >= 4 is 21.8 Å². The Labute approximate surface area is 134 Å². The average molecular weight is 349 g/mol. The van der Waals surface area contributed by atoms with Crippen LogP contribution in [0.2, 0.25) is 0 Å².